The lowest BCUT2D eigenvalue weighted by atomic mass is 10.1. The van der Waals surface area contributed by atoms with Gasteiger partial charge < -0.3 is 9.47 Å². The van der Waals surface area contributed by atoms with E-state index in [0.29, 0.717) is 5.92 Å². The largest absolute Gasteiger partial charge is 0.497 e. The summed E-state index contributed by atoms with van der Waals surface area (Å²) in [5, 5.41) is 0. The van der Waals surface area contributed by atoms with Crippen molar-refractivity contribution in [1.82, 2.24) is 0 Å². The van der Waals surface area contributed by atoms with E-state index in [-0.39, 0.29) is 0 Å². The van der Waals surface area contributed by atoms with Crippen molar-refractivity contribution in [3.63, 3.8) is 0 Å². The minimum absolute atomic E-state index is 0.527. The average Bonchev–Trinajstić information content (AvgIpc) is 2.27. The molecule has 0 amide bonds. The summed E-state index contributed by atoms with van der Waals surface area (Å²) in [6, 6.07) is 5.87. The molecule has 0 aliphatic rings. The van der Waals surface area contributed by atoms with Crippen LogP contribution < -0.4 is 9.47 Å². The summed E-state index contributed by atoms with van der Waals surface area (Å²) >= 11 is 0. The van der Waals surface area contributed by atoms with E-state index in [1.54, 1.807) is 7.11 Å². The van der Waals surface area contributed by atoms with Gasteiger partial charge in [-0.2, -0.15) is 0 Å². The SMILES string of the molecule is C=CCc1cc(OC)ccc1OCC(C)C. The molecule has 0 spiro atoms. The second kappa shape index (κ2) is 6.21. The van der Waals surface area contributed by atoms with Crippen molar-refractivity contribution in [2.24, 2.45) is 5.92 Å². The zero-order valence-electron chi connectivity index (χ0n) is 10.3. The number of allylic oxidation sites excluding steroid dienone is 1. The van der Waals surface area contributed by atoms with Crippen LogP contribution in [-0.4, -0.2) is 13.7 Å². The van der Waals surface area contributed by atoms with Gasteiger partial charge in [0.2, 0.25) is 0 Å². The third-order valence-electron chi connectivity index (χ3n) is 2.20. The van der Waals surface area contributed by atoms with E-state index >= 15 is 0 Å². The highest BCUT2D eigenvalue weighted by molar-refractivity contribution is 5.41. The number of methoxy groups -OCH3 is 1. The minimum Gasteiger partial charge on any atom is -0.497 e. The van der Waals surface area contributed by atoms with Crippen LogP contribution in [0.1, 0.15) is 19.4 Å². The highest BCUT2D eigenvalue weighted by Crippen LogP contribution is 2.25. The molecular weight excluding hydrogens is 200 g/mol. The van der Waals surface area contributed by atoms with Gasteiger partial charge in [0.05, 0.1) is 13.7 Å². The van der Waals surface area contributed by atoms with Crippen molar-refractivity contribution in [1.29, 1.82) is 0 Å². The summed E-state index contributed by atoms with van der Waals surface area (Å²) in [5.41, 5.74) is 1.12. The first-order chi connectivity index (χ1) is 7.67. The summed E-state index contributed by atoms with van der Waals surface area (Å²) in [5.74, 6) is 2.31. The molecule has 2 heteroatoms. The van der Waals surface area contributed by atoms with Gasteiger partial charge >= 0.3 is 0 Å². The van der Waals surface area contributed by atoms with E-state index in [1.165, 1.54) is 0 Å². The molecule has 0 radical (unpaired) electrons. The van der Waals surface area contributed by atoms with Crippen molar-refractivity contribution < 1.29 is 9.47 Å². The molecule has 88 valence electrons. The summed E-state index contributed by atoms with van der Waals surface area (Å²) in [6.45, 7) is 8.76. The average molecular weight is 220 g/mol. The highest BCUT2D eigenvalue weighted by atomic mass is 16.5. The van der Waals surface area contributed by atoms with Crippen LogP contribution in [0.2, 0.25) is 0 Å². The van der Waals surface area contributed by atoms with Crippen LogP contribution in [0.4, 0.5) is 0 Å². The van der Waals surface area contributed by atoms with Gasteiger partial charge in [0.15, 0.2) is 0 Å². The number of hydrogen-bond acceptors (Lipinski definition) is 2. The zero-order chi connectivity index (χ0) is 12.0. The van der Waals surface area contributed by atoms with Crippen LogP contribution in [0.5, 0.6) is 11.5 Å². The van der Waals surface area contributed by atoms with Gasteiger partial charge in [0.1, 0.15) is 11.5 Å². The Morgan fingerprint density at radius 3 is 2.69 bits per heavy atom. The maximum Gasteiger partial charge on any atom is 0.123 e. The van der Waals surface area contributed by atoms with Gasteiger partial charge in [-0.3, -0.25) is 0 Å². The smallest absolute Gasteiger partial charge is 0.123 e. The molecule has 0 atom stereocenters. The molecule has 2 nitrogen and oxygen atoms in total. The molecule has 0 saturated carbocycles. The van der Waals surface area contributed by atoms with Crippen LogP contribution in [-0.2, 0) is 6.42 Å². The monoisotopic (exact) mass is 220 g/mol. The Balaban J connectivity index is 2.84. The number of rotatable bonds is 6. The fourth-order valence-electron chi connectivity index (χ4n) is 1.40. The van der Waals surface area contributed by atoms with E-state index in [2.05, 4.69) is 20.4 Å². The van der Waals surface area contributed by atoms with Gasteiger partial charge in [0, 0.05) is 5.56 Å². The van der Waals surface area contributed by atoms with Crippen molar-refractivity contribution in [3.05, 3.63) is 36.4 Å². The van der Waals surface area contributed by atoms with Crippen molar-refractivity contribution in [2.45, 2.75) is 20.3 Å². The molecule has 0 bridgehead atoms. The Morgan fingerprint density at radius 1 is 1.38 bits per heavy atom. The van der Waals surface area contributed by atoms with E-state index in [9.17, 15) is 0 Å². The highest BCUT2D eigenvalue weighted by Gasteiger charge is 2.05. The van der Waals surface area contributed by atoms with Crippen LogP contribution >= 0.6 is 0 Å². The molecule has 0 unspecified atom stereocenters. The van der Waals surface area contributed by atoms with Crippen LogP contribution in [0.25, 0.3) is 0 Å². The number of hydrogen-bond donors (Lipinski definition) is 0. The summed E-state index contributed by atoms with van der Waals surface area (Å²) in [7, 11) is 1.67. The molecule has 1 aromatic carbocycles. The molecule has 0 saturated heterocycles. The third kappa shape index (κ3) is 3.61. The van der Waals surface area contributed by atoms with Gasteiger partial charge in [0.25, 0.3) is 0 Å². The van der Waals surface area contributed by atoms with E-state index in [0.717, 1.165) is 30.1 Å². The Kier molecular flexibility index (Phi) is 4.90. The topological polar surface area (TPSA) is 18.5 Å². The first-order valence-corrected chi connectivity index (χ1v) is 5.58. The molecule has 1 aromatic rings. The number of benzene rings is 1. The lowest BCUT2D eigenvalue weighted by Crippen LogP contribution is -2.06. The van der Waals surface area contributed by atoms with Crippen molar-refractivity contribution >= 4 is 0 Å². The van der Waals surface area contributed by atoms with Gasteiger partial charge in [-0.05, 0) is 30.5 Å². The first-order valence-electron chi connectivity index (χ1n) is 5.58. The minimum atomic E-state index is 0.527. The molecule has 1 rings (SSSR count). The fraction of sp³-hybridized carbons (Fsp3) is 0.429. The van der Waals surface area contributed by atoms with Gasteiger partial charge in [-0.25, -0.2) is 0 Å². The Morgan fingerprint density at radius 2 is 2.12 bits per heavy atom. The normalized spacial score (nSPS) is 10.2. The lowest BCUT2D eigenvalue weighted by molar-refractivity contribution is 0.268. The van der Waals surface area contributed by atoms with E-state index in [4.69, 9.17) is 9.47 Å². The standard InChI is InChI=1S/C14H20O2/c1-5-6-12-9-13(15-4)7-8-14(12)16-10-11(2)3/h5,7-9,11H,1,6,10H2,2-4H3. The molecule has 0 aliphatic heterocycles. The second-order valence-corrected chi connectivity index (χ2v) is 4.17. The van der Waals surface area contributed by atoms with Gasteiger partial charge in [-0.1, -0.05) is 19.9 Å². The third-order valence-corrected chi connectivity index (χ3v) is 2.20. The maximum atomic E-state index is 5.75. The van der Waals surface area contributed by atoms with Crippen LogP contribution in [0.15, 0.2) is 30.9 Å². The molecule has 0 heterocycles. The summed E-state index contributed by atoms with van der Waals surface area (Å²) in [4.78, 5) is 0. The number of ether oxygens (including phenoxy) is 2. The fourth-order valence-corrected chi connectivity index (χ4v) is 1.40. The summed E-state index contributed by atoms with van der Waals surface area (Å²) in [6.07, 6.45) is 2.67. The van der Waals surface area contributed by atoms with E-state index in [1.807, 2.05) is 24.3 Å². The lowest BCUT2D eigenvalue weighted by Gasteiger charge is -2.13. The molecule has 0 aliphatic carbocycles. The first kappa shape index (κ1) is 12.6. The Labute approximate surface area is 97.9 Å². The molecular formula is C14H20O2. The zero-order valence-corrected chi connectivity index (χ0v) is 10.3. The summed E-state index contributed by atoms with van der Waals surface area (Å²) < 4.78 is 10.9. The molecule has 0 fully saturated rings. The maximum absolute atomic E-state index is 5.75. The molecule has 0 aromatic heterocycles. The Bertz CT molecular complexity index is 343. The second-order valence-electron chi connectivity index (χ2n) is 4.17. The molecule has 16 heavy (non-hydrogen) atoms. The molecule has 0 N–H and O–H groups in total. The van der Waals surface area contributed by atoms with Crippen molar-refractivity contribution in [3.8, 4) is 11.5 Å². The quantitative estimate of drug-likeness (QED) is 0.683. The Hall–Kier alpha value is -1.44. The van der Waals surface area contributed by atoms with Crippen molar-refractivity contribution in [2.75, 3.05) is 13.7 Å². The van der Waals surface area contributed by atoms with Crippen LogP contribution in [0.3, 0.4) is 0 Å². The van der Waals surface area contributed by atoms with E-state index < -0.39 is 0 Å². The predicted octanol–water partition coefficient (Wildman–Crippen LogP) is 3.46. The predicted molar refractivity (Wildman–Crippen MR) is 67.2 cm³/mol. The van der Waals surface area contributed by atoms with Gasteiger partial charge in [-0.15, -0.1) is 6.58 Å². The van der Waals surface area contributed by atoms with Crippen LogP contribution in [0, 0.1) is 5.92 Å².